The lowest BCUT2D eigenvalue weighted by molar-refractivity contribution is 0.174. The highest BCUT2D eigenvalue weighted by atomic mass is 35.5. The van der Waals surface area contributed by atoms with E-state index in [1.807, 2.05) is 12.1 Å². The molecule has 112 valence electrons. The number of aliphatic hydroxyl groups excluding tert-OH is 1. The second-order valence-electron chi connectivity index (χ2n) is 5.11. The quantitative estimate of drug-likeness (QED) is 0.775. The highest BCUT2D eigenvalue weighted by Gasteiger charge is 2.18. The van der Waals surface area contributed by atoms with Crippen molar-refractivity contribution in [2.24, 2.45) is 5.92 Å². The lowest BCUT2D eigenvalue weighted by Crippen LogP contribution is -2.23. The topological polar surface area (TPSA) is 50.7 Å². The molecule has 0 radical (unpaired) electrons. The smallest absolute Gasteiger partial charge is 0.231 e. The molecule has 0 bridgehead atoms. The van der Waals surface area contributed by atoms with Crippen molar-refractivity contribution < 1.29 is 14.6 Å². The first kappa shape index (κ1) is 15.4. The van der Waals surface area contributed by atoms with Gasteiger partial charge in [-0.05, 0) is 43.0 Å². The molecule has 0 saturated carbocycles. The lowest BCUT2D eigenvalue weighted by atomic mass is 10.0. The van der Waals surface area contributed by atoms with E-state index < -0.39 is 0 Å². The molecule has 1 aliphatic heterocycles. The predicted molar refractivity (Wildman–Crippen MR) is 79.4 cm³/mol. The zero-order valence-electron chi connectivity index (χ0n) is 11.8. The third-order valence-electron chi connectivity index (χ3n) is 3.48. The molecule has 1 aliphatic rings. The molecular weight excluding hydrogens is 278 g/mol. The van der Waals surface area contributed by atoms with Crippen LogP contribution in [0.4, 0.5) is 0 Å². The number of hydrogen-bond donors (Lipinski definition) is 2. The van der Waals surface area contributed by atoms with Crippen molar-refractivity contribution in [2.45, 2.75) is 32.7 Å². The van der Waals surface area contributed by atoms with Crippen molar-refractivity contribution in [2.75, 3.05) is 19.9 Å². The second kappa shape index (κ2) is 7.72. The van der Waals surface area contributed by atoms with Crippen molar-refractivity contribution in [3.63, 3.8) is 0 Å². The van der Waals surface area contributed by atoms with Gasteiger partial charge < -0.3 is 19.9 Å². The van der Waals surface area contributed by atoms with E-state index in [9.17, 15) is 0 Å². The molecule has 2 N–H and O–H groups in total. The Morgan fingerprint density at radius 2 is 2.20 bits per heavy atom. The number of benzene rings is 1. The molecule has 1 aromatic rings. The summed E-state index contributed by atoms with van der Waals surface area (Å²) in [6.07, 6.45) is 3.13. The standard InChI is InChI=1S/C15H22ClNO3/c1-2-3-11(4-5-18)8-17-9-12-6-13(16)15-14(7-12)19-10-20-15/h6-7,11,17-18H,2-5,8-10H2,1H3. The van der Waals surface area contributed by atoms with Gasteiger partial charge in [0.15, 0.2) is 11.5 Å². The minimum absolute atomic E-state index is 0.237. The Morgan fingerprint density at radius 1 is 1.35 bits per heavy atom. The van der Waals surface area contributed by atoms with Gasteiger partial charge in [0.05, 0.1) is 5.02 Å². The Morgan fingerprint density at radius 3 is 2.95 bits per heavy atom. The number of nitrogens with one attached hydrogen (secondary N) is 1. The summed E-state index contributed by atoms with van der Waals surface area (Å²) in [5, 5.41) is 13.1. The van der Waals surface area contributed by atoms with Gasteiger partial charge in [-0.1, -0.05) is 24.9 Å². The molecule has 5 heteroatoms. The first-order chi connectivity index (χ1) is 9.74. The van der Waals surface area contributed by atoms with E-state index in [1.54, 1.807) is 0 Å². The van der Waals surface area contributed by atoms with Crippen molar-refractivity contribution in [1.29, 1.82) is 0 Å². The fourth-order valence-electron chi connectivity index (χ4n) is 2.48. The van der Waals surface area contributed by atoms with Gasteiger partial charge in [-0.25, -0.2) is 0 Å². The van der Waals surface area contributed by atoms with E-state index >= 15 is 0 Å². The molecular formula is C15H22ClNO3. The second-order valence-corrected chi connectivity index (χ2v) is 5.52. The van der Waals surface area contributed by atoms with Crippen LogP contribution in [-0.4, -0.2) is 25.1 Å². The molecule has 1 heterocycles. The van der Waals surface area contributed by atoms with Crippen molar-refractivity contribution >= 4 is 11.6 Å². The Hall–Kier alpha value is -0.970. The highest BCUT2D eigenvalue weighted by Crippen LogP contribution is 2.39. The van der Waals surface area contributed by atoms with Crippen LogP contribution in [-0.2, 0) is 6.54 Å². The predicted octanol–water partition coefficient (Wildman–Crippen LogP) is 2.96. The van der Waals surface area contributed by atoms with Crippen LogP contribution in [0.2, 0.25) is 5.02 Å². The molecule has 4 nitrogen and oxygen atoms in total. The van der Waals surface area contributed by atoms with Gasteiger partial charge in [0.25, 0.3) is 0 Å². The lowest BCUT2D eigenvalue weighted by Gasteiger charge is -2.16. The van der Waals surface area contributed by atoms with Gasteiger partial charge in [-0.2, -0.15) is 0 Å². The van der Waals surface area contributed by atoms with E-state index in [0.717, 1.165) is 43.7 Å². The number of ether oxygens (including phenoxy) is 2. The van der Waals surface area contributed by atoms with E-state index in [2.05, 4.69) is 12.2 Å². The maximum atomic E-state index is 9.05. The summed E-state index contributed by atoms with van der Waals surface area (Å²) in [6, 6.07) is 3.87. The summed E-state index contributed by atoms with van der Waals surface area (Å²) in [5.41, 5.74) is 1.08. The zero-order chi connectivity index (χ0) is 14.4. The summed E-state index contributed by atoms with van der Waals surface area (Å²) in [5.74, 6) is 1.88. The van der Waals surface area contributed by atoms with Crippen LogP contribution in [0.3, 0.4) is 0 Å². The number of hydrogen-bond acceptors (Lipinski definition) is 4. The Bertz CT molecular complexity index is 433. The minimum Gasteiger partial charge on any atom is -0.454 e. The van der Waals surface area contributed by atoms with Gasteiger partial charge >= 0.3 is 0 Å². The summed E-state index contributed by atoms with van der Waals surface area (Å²) in [4.78, 5) is 0. The molecule has 20 heavy (non-hydrogen) atoms. The van der Waals surface area contributed by atoms with Gasteiger partial charge in [-0.3, -0.25) is 0 Å². The Kier molecular flexibility index (Phi) is 5.95. The normalized spacial score (nSPS) is 14.6. The van der Waals surface area contributed by atoms with Crippen molar-refractivity contribution in [3.05, 3.63) is 22.7 Å². The number of halogens is 1. The minimum atomic E-state index is 0.237. The third kappa shape index (κ3) is 4.01. The number of rotatable bonds is 8. The first-order valence-corrected chi connectivity index (χ1v) is 7.52. The summed E-state index contributed by atoms with van der Waals surface area (Å²) in [7, 11) is 0. The maximum absolute atomic E-state index is 9.05. The SMILES string of the molecule is CCCC(CCO)CNCc1cc(Cl)c2c(c1)OCO2. The van der Waals surface area contributed by atoms with Crippen molar-refractivity contribution in [1.82, 2.24) is 5.32 Å². The van der Waals surface area contributed by atoms with Crippen LogP contribution >= 0.6 is 11.6 Å². The average molecular weight is 300 g/mol. The van der Waals surface area contributed by atoms with E-state index in [4.69, 9.17) is 26.2 Å². The third-order valence-corrected chi connectivity index (χ3v) is 3.76. The van der Waals surface area contributed by atoms with E-state index in [1.165, 1.54) is 0 Å². The molecule has 1 aromatic carbocycles. The van der Waals surface area contributed by atoms with Gasteiger partial charge in [0.1, 0.15) is 0 Å². The molecule has 0 fully saturated rings. The van der Waals surface area contributed by atoms with Gasteiger partial charge in [-0.15, -0.1) is 0 Å². The van der Waals surface area contributed by atoms with Crippen LogP contribution < -0.4 is 14.8 Å². The summed E-state index contributed by atoms with van der Waals surface area (Å²) in [6.45, 7) is 4.30. The average Bonchev–Trinajstić information content (AvgIpc) is 2.88. The highest BCUT2D eigenvalue weighted by molar-refractivity contribution is 6.32. The van der Waals surface area contributed by atoms with E-state index in [0.29, 0.717) is 16.7 Å². The first-order valence-electron chi connectivity index (χ1n) is 7.14. The zero-order valence-corrected chi connectivity index (χ0v) is 12.6. The van der Waals surface area contributed by atoms with Crippen molar-refractivity contribution in [3.8, 4) is 11.5 Å². The largest absolute Gasteiger partial charge is 0.454 e. The fourth-order valence-corrected chi connectivity index (χ4v) is 2.77. The Labute approximate surface area is 125 Å². The molecule has 2 rings (SSSR count). The van der Waals surface area contributed by atoms with E-state index in [-0.39, 0.29) is 13.4 Å². The molecule has 1 unspecified atom stereocenters. The fraction of sp³-hybridized carbons (Fsp3) is 0.600. The monoisotopic (exact) mass is 299 g/mol. The Balaban J connectivity index is 1.86. The van der Waals surface area contributed by atoms with Crippen LogP contribution in [0.25, 0.3) is 0 Å². The molecule has 0 amide bonds. The molecule has 0 saturated heterocycles. The summed E-state index contributed by atoms with van der Waals surface area (Å²) < 4.78 is 10.6. The number of aliphatic hydroxyl groups is 1. The van der Waals surface area contributed by atoms with Crippen LogP contribution in [0, 0.1) is 5.92 Å². The molecule has 1 atom stereocenters. The summed E-state index contributed by atoms with van der Waals surface area (Å²) >= 11 is 6.15. The molecule has 0 aliphatic carbocycles. The van der Waals surface area contributed by atoms with Gasteiger partial charge in [0.2, 0.25) is 6.79 Å². The maximum Gasteiger partial charge on any atom is 0.231 e. The molecule has 0 aromatic heterocycles. The van der Waals surface area contributed by atoms with Crippen LogP contribution in [0.15, 0.2) is 12.1 Å². The van der Waals surface area contributed by atoms with Crippen LogP contribution in [0.5, 0.6) is 11.5 Å². The van der Waals surface area contributed by atoms with Gasteiger partial charge in [0, 0.05) is 13.2 Å². The van der Waals surface area contributed by atoms with Crippen LogP contribution in [0.1, 0.15) is 31.7 Å². The number of fused-ring (bicyclic) bond motifs is 1. The molecule has 0 spiro atoms.